The summed E-state index contributed by atoms with van der Waals surface area (Å²) < 4.78 is 9.61. The normalized spacial score (nSPS) is 12.8. The highest BCUT2D eigenvalue weighted by Crippen LogP contribution is 2.31. The number of ether oxygens (including phenoxy) is 1. The van der Waals surface area contributed by atoms with Crippen LogP contribution in [0.2, 0.25) is 10.0 Å². The number of hydrogen-bond acceptors (Lipinski definition) is 3. The fourth-order valence-electron chi connectivity index (χ4n) is 3.81. The van der Waals surface area contributed by atoms with Crippen molar-refractivity contribution in [3.05, 3.63) is 93.9 Å². The van der Waals surface area contributed by atoms with Crippen LogP contribution in [0.1, 0.15) is 16.8 Å². The molecule has 0 unspecified atom stereocenters. The minimum atomic E-state index is -0.130. The van der Waals surface area contributed by atoms with E-state index in [-0.39, 0.29) is 12.5 Å². The summed E-state index contributed by atoms with van der Waals surface area (Å²) in [5, 5.41) is 5.74. The van der Waals surface area contributed by atoms with E-state index in [0.717, 1.165) is 22.8 Å². The van der Waals surface area contributed by atoms with E-state index in [0.29, 0.717) is 28.9 Å². The van der Waals surface area contributed by atoms with Gasteiger partial charge in [0.05, 0.1) is 29.5 Å². The van der Waals surface area contributed by atoms with Crippen molar-refractivity contribution in [2.75, 3.05) is 6.61 Å². The van der Waals surface area contributed by atoms with Crippen molar-refractivity contribution in [3.63, 3.8) is 0 Å². The number of hydrogen-bond donors (Lipinski definition) is 0. The van der Waals surface area contributed by atoms with Crippen LogP contribution >= 0.6 is 23.2 Å². The second-order valence-corrected chi connectivity index (χ2v) is 8.54. The Bertz CT molecular complexity index is 1280. The van der Waals surface area contributed by atoms with Gasteiger partial charge in [-0.1, -0.05) is 40.9 Å². The van der Waals surface area contributed by atoms with E-state index in [2.05, 4.69) is 31.2 Å². The molecule has 2 aromatic heterocycles. The van der Waals surface area contributed by atoms with Gasteiger partial charge in [0.15, 0.2) is 6.61 Å². The zero-order valence-electron chi connectivity index (χ0n) is 17.3. The van der Waals surface area contributed by atoms with E-state index >= 15 is 0 Å². The molecule has 0 spiro atoms. The molecule has 8 heteroatoms. The Morgan fingerprint density at radius 1 is 1.06 bits per heavy atom. The van der Waals surface area contributed by atoms with Crippen molar-refractivity contribution in [1.29, 1.82) is 0 Å². The lowest BCUT2D eigenvalue weighted by molar-refractivity contribution is -0.134. The summed E-state index contributed by atoms with van der Waals surface area (Å²) in [6.45, 7) is 2.84. The number of nitrogens with zero attached hydrogens (tertiary/aromatic N) is 4. The minimum absolute atomic E-state index is 0.109. The topological polar surface area (TPSA) is 52.3 Å². The SMILES string of the molecule is Cc1ccc(-n2nc3c(c2-n2cccc2)CN(C(=O)COc2ccc(Cl)cc2Cl)C3)cc1. The van der Waals surface area contributed by atoms with Gasteiger partial charge >= 0.3 is 0 Å². The lowest BCUT2D eigenvalue weighted by Gasteiger charge is -2.18. The molecule has 0 saturated heterocycles. The van der Waals surface area contributed by atoms with Gasteiger partial charge in [-0.05, 0) is 49.4 Å². The lowest BCUT2D eigenvalue weighted by Crippen LogP contribution is -2.31. The van der Waals surface area contributed by atoms with Crippen LogP contribution < -0.4 is 4.74 Å². The zero-order valence-corrected chi connectivity index (χ0v) is 18.8. The average molecular weight is 467 g/mol. The average Bonchev–Trinajstić information content (AvgIpc) is 3.49. The first-order valence-corrected chi connectivity index (χ1v) is 10.9. The molecular weight excluding hydrogens is 447 g/mol. The second-order valence-electron chi connectivity index (χ2n) is 7.70. The van der Waals surface area contributed by atoms with E-state index < -0.39 is 0 Å². The van der Waals surface area contributed by atoms with E-state index in [1.54, 1.807) is 23.1 Å². The van der Waals surface area contributed by atoms with Crippen molar-refractivity contribution >= 4 is 29.1 Å². The molecule has 1 aliphatic rings. The summed E-state index contributed by atoms with van der Waals surface area (Å²) in [6, 6.07) is 17.1. The highest BCUT2D eigenvalue weighted by molar-refractivity contribution is 6.35. The van der Waals surface area contributed by atoms with Crippen LogP contribution in [0, 0.1) is 6.92 Å². The molecule has 162 valence electrons. The molecule has 1 aliphatic heterocycles. The van der Waals surface area contributed by atoms with Gasteiger partial charge < -0.3 is 14.2 Å². The first-order valence-electron chi connectivity index (χ1n) is 10.2. The first-order chi connectivity index (χ1) is 15.5. The van der Waals surface area contributed by atoms with E-state index in [4.69, 9.17) is 33.0 Å². The molecule has 6 nitrogen and oxygen atoms in total. The summed E-state index contributed by atoms with van der Waals surface area (Å²) in [7, 11) is 0. The van der Waals surface area contributed by atoms with Gasteiger partial charge in [-0.15, -0.1) is 0 Å². The highest BCUT2D eigenvalue weighted by atomic mass is 35.5. The molecule has 3 heterocycles. The van der Waals surface area contributed by atoms with Gasteiger partial charge in [0.2, 0.25) is 0 Å². The van der Waals surface area contributed by atoms with Gasteiger partial charge in [0.1, 0.15) is 11.6 Å². The van der Waals surface area contributed by atoms with E-state index in [9.17, 15) is 4.79 Å². The Kier molecular flexibility index (Phi) is 5.41. The fourth-order valence-corrected chi connectivity index (χ4v) is 4.27. The number of halogens is 2. The number of rotatable bonds is 5. The molecule has 1 amide bonds. The highest BCUT2D eigenvalue weighted by Gasteiger charge is 2.31. The van der Waals surface area contributed by atoms with Crippen molar-refractivity contribution < 1.29 is 9.53 Å². The standard InChI is InChI=1S/C24H20Cl2N4O2/c1-16-4-7-18(8-5-16)30-24(28-10-2-3-11-28)19-13-29(14-21(19)27-30)23(31)15-32-22-9-6-17(25)12-20(22)26/h2-12H,13-15H2,1H3. The third-order valence-corrected chi connectivity index (χ3v) is 5.99. The van der Waals surface area contributed by atoms with E-state index in [1.807, 2.05) is 33.8 Å². The van der Waals surface area contributed by atoms with Crippen molar-refractivity contribution in [3.8, 4) is 17.3 Å². The Morgan fingerprint density at radius 2 is 1.81 bits per heavy atom. The largest absolute Gasteiger partial charge is 0.482 e. The number of carbonyl (C=O) groups excluding carboxylic acids is 1. The van der Waals surface area contributed by atoms with Crippen LogP contribution in [0.25, 0.3) is 11.5 Å². The van der Waals surface area contributed by atoms with Gasteiger partial charge in [0.25, 0.3) is 5.91 Å². The van der Waals surface area contributed by atoms with Crippen LogP contribution in [0.4, 0.5) is 0 Å². The third kappa shape index (κ3) is 3.87. The smallest absolute Gasteiger partial charge is 0.261 e. The zero-order chi connectivity index (χ0) is 22.2. The van der Waals surface area contributed by atoms with Crippen LogP contribution in [0.15, 0.2) is 67.0 Å². The van der Waals surface area contributed by atoms with Crippen molar-refractivity contribution in [1.82, 2.24) is 19.2 Å². The van der Waals surface area contributed by atoms with Crippen LogP contribution in [-0.4, -0.2) is 31.8 Å². The Balaban J connectivity index is 1.38. The summed E-state index contributed by atoms with van der Waals surface area (Å²) in [5.41, 5.74) is 4.08. The molecule has 0 radical (unpaired) electrons. The molecule has 2 aromatic carbocycles. The summed E-state index contributed by atoms with van der Waals surface area (Å²) in [6.07, 6.45) is 3.97. The molecule has 0 bridgehead atoms. The summed E-state index contributed by atoms with van der Waals surface area (Å²) in [5.74, 6) is 1.24. The summed E-state index contributed by atoms with van der Waals surface area (Å²) in [4.78, 5) is 14.6. The number of aryl methyl sites for hydroxylation is 1. The Labute approximate surface area is 195 Å². The predicted octanol–water partition coefficient (Wildman–Crippen LogP) is 5.20. The molecule has 0 atom stereocenters. The number of fused-ring (bicyclic) bond motifs is 1. The first kappa shape index (κ1) is 20.7. The monoisotopic (exact) mass is 466 g/mol. The molecule has 5 rings (SSSR count). The van der Waals surface area contributed by atoms with Crippen molar-refractivity contribution in [2.24, 2.45) is 0 Å². The second kappa shape index (κ2) is 8.37. The molecule has 0 N–H and O–H groups in total. The van der Waals surface area contributed by atoms with Crippen LogP contribution in [0.5, 0.6) is 5.75 Å². The maximum Gasteiger partial charge on any atom is 0.261 e. The maximum atomic E-state index is 12.8. The fraction of sp³-hybridized carbons (Fsp3) is 0.167. The summed E-state index contributed by atoms with van der Waals surface area (Å²) >= 11 is 12.1. The molecule has 4 aromatic rings. The number of amides is 1. The van der Waals surface area contributed by atoms with Crippen LogP contribution in [0.3, 0.4) is 0 Å². The predicted molar refractivity (Wildman–Crippen MR) is 124 cm³/mol. The van der Waals surface area contributed by atoms with E-state index in [1.165, 1.54) is 5.56 Å². The molecule has 0 aliphatic carbocycles. The quantitative estimate of drug-likeness (QED) is 0.406. The Morgan fingerprint density at radius 3 is 2.53 bits per heavy atom. The van der Waals surface area contributed by atoms with Crippen molar-refractivity contribution in [2.45, 2.75) is 20.0 Å². The third-order valence-electron chi connectivity index (χ3n) is 5.45. The number of aromatic nitrogens is 3. The number of benzene rings is 2. The van der Waals surface area contributed by atoms with Gasteiger partial charge in [-0.2, -0.15) is 5.10 Å². The van der Waals surface area contributed by atoms with Gasteiger partial charge in [-0.25, -0.2) is 4.68 Å². The van der Waals surface area contributed by atoms with Gasteiger partial charge in [-0.3, -0.25) is 4.79 Å². The molecular formula is C24H20Cl2N4O2. The maximum absolute atomic E-state index is 12.8. The molecule has 32 heavy (non-hydrogen) atoms. The van der Waals surface area contributed by atoms with Gasteiger partial charge in [0, 0.05) is 23.0 Å². The molecule has 0 saturated carbocycles. The Hall–Kier alpha value is -3.22. The lowest BCUT2D eigenvalue weighted by atomic mass is 10.2. The number of carbonyl (C=O) groups is 1. The van der Waals surface area contributed by atoms with Crippen LogP contribution in [-0.2, 0) is 17.9 Å². The minimum Gasteiger partial charge on any atom is -0.482 e. The molecule has 0 fully saturated rings.